The number of urea groups is 1. The predicted molar refractivity (Wildman–Crippen MR) is 113 cm³/mol. The third kappa shape index (κ3) is 5.04. The Hall–Kier alpha value is -2.53. The van der Waals surface area contributed by atoms with Crippen LogP contribution in [-0.4, -0.2) is 29.9 Å². The van der Waals surface area contributed by atoms with Crippen LogP contribution in [0.15, 0.2) is 42.5 Å². The first kappa shape index (κ1) is 20.2. The Morgan fingerprint density at radius 1 is 1.14 bits per heavy atom. The second-order valence-corrected chi connectivity index (χ2v) is 7.81. The highest BCUT2D eigenvalue weighted by Crippen LogP contribution is 2.21. The van der Waals surface area contributed by atoms with Gasteiger partial charge in [0.25, 0.3) is 5.91 Å². The van der Waals surface area contributed by atoms with Crippen LogP contribution in [0.1, 0.15) is 41.3 Å². The second-order valence-electron chi connectivity index (χ2n) is 7.40. The van der Waals surface area contributed by atoms with Gasteiger partial charge in [0.15, 0.2) is 0 Å². The SMILES string of the molecule is Cc1cc(C(=O)N2CCC(C)CC2)ccc1NC(=O)NCc1ccccc1Cl. The Morgan fingerprint density at radius 2 is 1.86 bits per heavy atom. The quantitative estimate of drug-likeness (QED) is 0.772. The summed E-state index contributed by atoms with van der Waals surface area (Å²) in [5.74, 6) is 0.742. The maximum Gasteiger partial charge on any atom is 0.319 e. The van der Waals surface area contributed by atoms with Crippen molar-refractivity contribution in [3.63, 3.8) is 0 Å². The Labute approximate surface area is 171 Å². The van der Waals surface area contributed by atoms with Gasteiger partial charge in [-0.05, 0) is 61.1 Å². The van der Waals surface area contributed by atoms with E-state index < -0.39 is 0 Å². The smallest absolute Gasteiger partial charge is 0.319 e. The van der Waals surface area contributed by atoms with Crippen LogP contribution in [0.2, 0.25) is 5.02 Å². The van der Waals surface area contributed by atoms with Gasteiger partial charge < -0.3 is 15.5 Å². The number of likely N-dealkylation sites (tertiary alicyclic amines) is 1. The number of hydrogen-bond donors (Lipinski definition) is 2. The van der Waals surface area contributed by atoms with Crippen molar-refractivity contribution in [2.45, 2.75) is 33.2 Å². The molecule has 1 fully saturated rings. The van der Waals surface area contributed by atoms with Crippen LogP contribution in [0, 0.1) is 12.8 Å². The highest BCUT2D eigenvalue weighted by Gasteiger charge is 2.21. The maximum absolute atomic E-state index is 12.7. The van der Waals surface area contributed by atoms with E-state index in [-0.39, 0.29) is 11.9 Å². The second kappa shape index (κ2) is 9.11. The Kier molecular flexibility index (Phi) is 6.57. The third-order valence-corrected chi connectivity index (χ3v) is 5.56. The number of anilines is 1. The summed E-state index contributed by atoms with van der Waals surface area (Å²) in [6.07, 6.45) is 2.10. The number of halogens is 1. The molecule has 1 aliphatic rings. The first-order chi connectivity index (χ1) is 13.4. The zero-order valence-corrected chi connectivity index (χ0v) is 17.1. The van der Waals surface area contributed by atoms with Gasteiger partial charge in [-0.3, -0.25) is 4.79 Å². The molecule has 1 heterocycles. The Balaban J connectivity index is 1.58. The van der Waals surface area contributed by atoms with Crippen LogP contribution in [-0.2, 0) is 6.54 Å². The molecule has 0 atom stereocenters. The van der Waals surface area contributed by atoms with Gasteiger partial charge >= 0.3 is 6.03 Å². The Bertz CT molecular complexity index is 861. The molecule has 0 aliphatic carbocycles. The normalized spacial score (nSPS) is 14.6. The molecule has 0 aromatic heterocycles. The highest BCUT2D eigenvalue weighted by molar-refractivity contribution is 6.31. The molecule has 2 aromatic rings. The van der Waals surface area contributed by atoms with Gasteiger partial charge in [-0.25, -0.2) is 4.79 Å². The number of benzene rings is 2. The van der Waals surface area contributed by atoms with Crippen molar-refractivity contribution in [1.29, 1.82) is 0 Å². The molecule has 148 valence electrons. The molecule has 3 amide bonds. The van der Waals surface area contributed by atoms with Crippen molar-refractivity contribution < 1.29 is 9.59 Å². The lowest BCUT2D eigenvalue weighted by Gasteiger charge is -2.30. The summed E-state index contributed by atoms with van der Waals surface area (Å²) in [6, 6.07) is 12.5. The lowest BCUT2D eigenvalue weighted by Crippen LogP contribution is -2.37. The van der Waals surface area contributed by atoms with Crippen LogP contribution < -0.4 is 10.6 Å². The molecule has 0 saturated carbocycles. The molecule has 6 heteroatoms. The van der Waals surface area contributed by atoms with E-state index in [0.717, 1.165) is 37.1 Å². The number of carbonyl (C=O) groups excluding carboxylic acids is 2. The third-order valence-electron chi connectivity index (χ3n) is 5.19. The number of carbonyl (C=O) groups is 2. The molecule has 3 rings (SSSR count). The van der Waals surface area contributed by atoms with Crippen molar-refractivity contribution in [3.05, 3.63) is 64.2 Å². The van der Waals surface area contributed by atoms with Crippen molar-refractivity contribution in [2.24, 2.45) is 5.92 Å². The van der Waals surface area contributed by atoms with E-state index in [9.17, 15) is 9.59 Å². The summed E-state index contributed by atoms with van der Waals surface area (Å²) in [7, 11) is 0. The van der Waals surface area contributed by atoms with E-state index in [0.29, 0.717) is 28.7 Å². The molecule has 5 nitrogen and oxygen atoms in total. The van der Waals surface area contributed by atoms with Crippen molar-refractivity contribution in [1.82, 2.24) is 10.2 Å². The monoisotopic (exact) mass is 399 g/mol. The van der Waals surface area contributed by atoms with Crippen LogP contribution >= 0.6 is 11.6 Å². The van der Waals surface area contributed by atoms with Crippen LogP contribution in [0.4, 0.5) is 10.5 Å². The standard InChI is InChI=1S/C22H26ClN3O2/c1-15-9-11-26(12-10-15)21(27)17-7-8-20(16(2)13-17)25-22(28)24-14-18-5-3-4-6-19(18)23/h3-8,13,15H,9-12,14H2,1-2H3,(H2,24,25,28). The van der Waals surface area contributed by atoms with Crippen LogP contribution in [0.5, 0.6) is 0 Å². The number of hydrogen-bond acceptors (Lipinski definition) is 2. The predicted octanol–water partition coefficient (Wildman–Crippen LogP) is 4.84. The van der Waals surface area contributed by atoms with Crippen LogP contribution in [0.25, 0.3) is 0 Å². The summed E-state index contributed by atoms with van der Waals surface area (Å²) in [5.41, 5.74) is 3.05. The summed E-state index contributed by atoms with van der Waals surface area (Å²) in [6.45, 7) is 6.07. The van der Waals surface area contributed by atoms with Crippen molar-refractivity contribution in [3.8, 4) is 0 Å². The van der Waals surface area contributed by atoms with Crippen molar-refractivity contribution >= 4 is 29.2 Å². The molecule has 1 saturated heterocycles. The lowest BCUT2D eigenvalue weighted by atomic mass is 9.98. The van der Waals surface area contributed by atoms with Gasteiger partial charge in [-0.2, -0.15) is 0 Å². The fourth-order valence-corrected chi connectivity index (χ4v) is 3.52. The van der Waals surface area contributed by atoms with Gasteiger partial charge in [0.05, 0.1) is 0 Å². The number of nitrogens with one attached hydrogen (secondary N) is 2. The van der Waals surface area contributed by atoms with E-state index in [4.69, 9.17) is 11.6 Å². The number of piperidine rings is 1. The first-order valence-corrected chi connectivity index (χ1v) is 10.00. The van der Waals surface area contributed by atoms with Crippen molar-refractivity contribution in [2.75, 3.05) is 18.4 Å². The zero-order chi connectivity index (χ0) is 20.1. The van der Waals surface area contributed by atoms with Crippen LogP contribution in [0.3, 0.4) is 0 Å². The number of nitrogens with zero attached hydrogens (tertiary/aromatic N) is 1. The number of rotatable bonds is 4. The van der Waals surface area contributed by atoms with Gasteiger partial charge in [-0.1, -0.05) is 36.7 Å². The fraction of sp³-hybridized carbons (Fsp3) is 0.364. The minimum absolute atomic E-state index is 0.0599. The highest BCUT2D eigenvalue weighted by atomic mass is 35.5. The number of amides is 3. The van der Waals surface area contributed by atoms with E-state index in [1.165, 1.54) is 0 Å². The average molecular weight is 400 g/mol. The van der Waals surface area contributed by atoms with E-state index in [1.807, 2.05) is 36.1 Å². The average Bonchev–Trinajstić information content (AvgIpc) is 2.69. The molecule has 28 heavy (non-hydrogen) atoms. The molecule has 0 bridgehead atoms. The summed E-state index contributed by atoms with van der Waals surface area (Å²) in [5, 5.41) is 6.25. The maximum atomic E-state index is 12.7. The zero-order valence-electron chi connectivity index (χ0n) is 16.3. The topological polar surface area (TPSA) is 61.4 Å². The summed E-state index contributed by atoms with van der Waals surface area (Å²) < 4.78 is 0. The molecule has 1 aliphatic heterocycles. The summed E-state index contributed by atoms with van der Waals surface area (Å²) in [4.78, 5) is 26.8. The van der Waals surface area contributed by atoms with E-state index >= 15 is 0 Å². The molecule has 0 spiro atoms. The van der Waals surface area contributed by atoms with E-state index in [1.54, 1.807) is 18.2 Å². The minimum Gasteiger partial charge on any atom is -0.339 e. The largest absolute Gasteiger partial charge is 0.339 e. The molecular formula is C22H26ClN3O2. The summed E-state index contributed by atoms with van der Waals surface area (Å²) >= 11 is 6.10. The van der Waals surface area contributed by atoms with Gasteiger partial charge in [0.1, 0.15) is 0 Å². The minimum atomic E-state index is -0.313. The molecular weight excluding hydrogens is 374 g/mol. The number of aryl methyl sites for hydroxylation is 1. The van der Waals surface area contributed by atoms with Gasteiger partial charge in [0.2, 0.25) is 0 Å². The van der Waals surface area contributed by atoms with Gasteiger partial charge in [0, 0.05) is 35.9 Å². The molecule has 0 unspecified atom stereocenters. The van der Waals surface area contributed by atoms with Gasteiger partial charge in [-0.15, -0.1) is 0 Å². The van der Waals surface area contributed by atoms with E-state index in [2.05, 4.69) is 17.6 Å². The molecule has 2 aromatic carbocycles. The lowest BCUT2D eigenvalue weighted by molar-refractivity contribution is 0.0697. The fourth-order valence-electron chi connectivity index (χ4n) is 3.31. The first-order valence-electron chi connectivity index (χ1n) is 9.62. The molecule has 2 N–H and O–H groups in total. The Morgan fingerprint density at radius 3 is 2.54 bits per heavy atom. The molecule has 0 radical (unpaired) electrons.